The van der Waals surface area contributed by atoms with Crippen LogP contribution in [0.1, 0.15) is 49.8 Å². The number of esters is 1. The molecule has 0 saturated carbocycles. The molecule has 4 aliphatic heterocycles. The van der Waals surface area contributed by atoms with Gasteiger partial charge in [-0.05, 0) is 50.3 Å². The van der Waals surface area contributed by atoms with E-state index in [-0.39, 0.29) is 37.9 Å². The van der Waals surface area contributed by atoms with Crippen LogP contribution in [0.2, 0.25) is 5.02 Å². The van der Waals surface area contributed by atoms with Crippen LogP contribution in [0.4, 0.5) is 5.69 Å². The van der Waals surface area contributed by atoms with Gasteiger partial charge in [0.15, 0.2) is 0 Å². The number of nitrogens with zero attached hydrogens (tertiary/aromatic N) is 3. The fourth-order valence-corrected chi connectivity index (χ4v) is 7.98. The Hall–Kier alpha value is -3.99. The minimum Gasteiger partial charge on any atom is -0.455 e. The molecule has 2 fully saturated rings. The lowest BCUT2D eigenvalue weighted by Crippen LogP contribution is -2.56. The van der Waals surface area contributed by atoms with Gasteiger partial charge in [0.1, 0.15) is 23.7 Å². The highest BCUT2D eigenvalue weighted by Crippen LogP contribution is 2.56. The summed E-state index contributed by atoms with van der Waals surface area (Å²) in [5.41, 5.74) is 0.587. The first-order valence-electron chi connectivity index (χ1n) is 16.6. The molecule has 11 heteroatoms. The summed E-state index contributed by atoms with van der Waals surface area (Å²) in [6, 6.07) is 13.0. The van der Waals surface area contributed by atoms with E-state index < -0.39 is 53.6 Å². The summed E-state index contributed by atoms with van der Waals surface area (Å²) < 4.78 is 12.8. The van der Waals surface area contributed by atoms with E-state index in [9.17, 15) is 24.3 Å². The number of cyclic esters (lactones) is 1. The van der Waals surface area contributed by atoms with Gasteiger partial charge in [0.2, 0.25) is 11.8 Å². The van der Waals surface area contributed by atoms with Crippen LogP contribution in [-0.4, -0.2) is 89.1 Å². The summed E-state index contributed by atoms with van der Waals surface area (Å²) in [5, 5.41) is 9.91. The summed E-state index contributed by atoms with van der Waals surface area (Å²) in [4.78, 5) is 61.8. The van der Waals surface area contributed by atoms with Crippen molar-refractivity contribution in [2.24, 2.45) is 11.8 Å². The van der Waals surface area contributed by atoms with Crippen molar-refractivity contribution in [2.45, 2.75) is 69.4 Å². The maximum absolute atomic E-state index is 15.0. The quantitative estimate of drug-likeness (QED) is 0.274. The van der Waals surface area contributed by atoms with Crippen molar-refractivity contribution in [1.82, 2.24) is 9.80 Å². The highest BCUT2D eigenvalue weighted by Gasteiger charge is 2.73. The van der Waals surface area contributed by atoms with Crippen molar-refractivity contribution >= 4 is 41.0 Å². The first-order valence-corrected chi connectivity index (χ1v) is 17.0. The molecule has 254 valence electrons. The molecule has 4 aliphatic rings. The van der Waals surface area contributed by atoms with Gasteiger partial charge in [-0.15, -0.1) is 0 Å². The Bertz CT molecular complexity index is 1610. The van der Waals surface area contributed by atoms with Crippen molar-refractivity contribution in [1.29, 1.82) is 0 Å². The lowest BCUT2D eigenvalue weighted by atomic mass is 9.74. The summed E-state index contributed by atoms with van der Waals surface area (Å²) in [7, 11) is 1.70. The first kappa shape index (κ1) is 33.9. The number of likely N-dealkylation sites (N-methyl/N-ethyl adjacent to an activating group) is 1. The van der Waals surface area contributed by atoms with Crippen LogP contribution in [-0.2, 0) is 28.7 Å². The number of likely N-dealkylation sites (tertiary alicyclic amines) is 1. The number of carbonyl (C=O) groups is 4. The van der Waals surface area contributed by atoms with Gasteiger partial charge in [0, 0.05) is 33.2 Å². The van der Waals surface area contributed by atoms with E-state index in [4.69, 9.17) is 21.1 Å². The largest absolute Gasteiger partial charge is 0.455 e. The molecule has 2 saturated heterocycles. The Morgan fingerprint density at radius 3 is 2.50 bits per heavy atom. The molecule has 2 aromatic rings. The Labute approximate surface area is 285 Å². The molecule has 0 aromatic heterocycles. The summed E-state index contributed by atoms with van der Waals surface area (Å²) in [6.07, 6.45) is 7.16. The number of carbonyl (C=O) groups excluding carboxylic acids is 4. The second-order valence-corrected chi connectivity index (χ2v) is 13.4. The predicted octanol–water partition coefficient (Wildman–Crippen LogP) is 4.39. The minimum atomic E-state index is -1.41. The number of anilines is 1. The number of fused-ring (bicyclic) bond motifs is 2. The molecule has 3 amide bonds. The zero-order valence-corrected chi connectivity index (χ0v) is 28.2. The average Bonchev–Trinajstić information content (AvgIpc) is 3.72. The number of rotatable bonds is 6. The van der Waals surface area contributed by atoms with Gasteiger partial charge >= 0.3 is 5.97 Å². The molecular weight excluding hydrogens is 634 g/mol. The molecule has 10 nitrogen and oxygen atoms in total. The molecule has 0 radical (unpaired) electrons. The molecule has 2 aromatic carbocycles. The van der Waals surface area contributed by atoms with Gasteiger partial charge in [-0.3, -0.25) is 19.2 Å². The van der Waals surface area contributed by atoms with E-state index in [1.54, 1.807) is 35.1 Å². The predicted molar refractivity (Wildman–Crippen MR) is 180 cm³/mol. The lowest BCUT2D eigenvalue weighted by molar-refractivity contribution is -0.164. The molecule has 6 rings (SSSR count). The Balaban J connectivity index is 1.47. The standard InChI is InChI=1S/C37H42ClN3O7/c1-23-13-12-16-26(38)31(23)40-20-9-5-8-17-28(43)39(3)24(2)32(25-14-6-4-7-15-25)47-36(46)29-27-18-19-37(48-27)30(29)34(44)41(21-10-11-22-42)33(37)35(40)45/h4-7,9,12-16,18-19,24,27,29-30,32-33,42H,8,10-11,17,20-22H2,1-3H3/b9-5-/t24-,27+,29-,30-,32+,33+,37-/m1/s1. The molecule has 7 atom stereocenters. The van der Waals surface area contributed by atoms with E-state index in [2.05, 4.69) is 0 Å². The SMILES string of the molecule is Cc1cccc(Cl)c1N1C/C=C\CCC(=O)N(C)[C@H](C)[C@@H](c2ccccc2)OC(=O)[C@@H]2[C@@H]3C=C[C@]4(O3)[C@H](C1=O)N(CCCCO)C(=O)[C@@H]24. The van der Waals surface area contributed by atoms with E-state index in [1.807, 2.05) is 68.5 Å². The van der Waals surface area contributed by atoms with Crippen molar-refractivity contribution in [3.05, 3.63) is 89.0 Å². The fourth-order valence-electron chi connectivity index (χ4n) is 7.66. The number of allylic oxidation sites excluding steroid dienone is 1. The number of aryl methyl sites for hydroxylation is 1. The number of benzene rings is 2. The molecule has 1 spiro atoms. The number of aliphatic hydroxyl groups is 1. The second kappa shape index (κ2) is 13.9. The van der Waals surface area contributed by atoms with E-state index in [0.717, 1.165) is 5.56 Å². The number of unbranched alkanes of at least 4 members (excludes halogenated alkanes) is 1. The van der Waals surface area contributed by atoms with Crippen LogP contribution in [0, 0.1) is 18.8 Å². The molecule has 5 bridgehead atoms. The first-order chi connectivity index (χ1) is 23.1. The molecule has 48 heavy (non-hydrogen) atoms. The van der Waals surface area contributed by atoms with E-state index in [0.29, 0.717) is 35.5 Å². The van der Waals surface area contributed by atoms with Gasteiger partial charge in [-0.1, -0.05) is 78.4 Å². The third-order valence-electron chi connectivity index (χ3n) is 10.2. The van der Waals surface area contributed by atoms with Gasteiger partial charge in [0.25, 0.3) is 5.91 Å². The number of amides is 3. The van der Waals surface area contributed by atoms with Crippen LogP contribution < -0.4 is 4.90 Å². The second-order valence-electron chi connectivity index (χ2n) is 13.0. The zero-order chi connectivity index (χ0) is 34.2. The topological polar surface area (TPSA) is 117 Å². The minimum absolute atomic E-state index is 0.0611. The third kappa shape index (κ3) is 5.84. The van der Waals surface area contributed by atoms with Gasteiger partial charge in [0.05, 0.1) is 28.8 Å². The molecule has 4 heterocycles. The smallest absolute Gasteiger partial charge is 0.313 e. The van der Waals surface area contributed by atoms with Crippen LogP contribution in [0.5, 0.6) is 0 Å². The van der Waals surface area contributed by atoms with Gasteiger partial charge in [-0.25, -0.2) is 0 Å². The van der Waals surface area contributed by atoms with Crippen molar-refractivity contribution in [2.75, 3.05) is 31.6 Å². The highest BCUT2D eigenvalue weighted by atomic mass is 35.5. The number of ether oxygens (including phenoxy) is 2. The van der Waals surface area contributed by atoms with Gasteiger partial charge < -0.3 is 29.3 Å². The molecule has 1 N–H and O–H groups in total. The monoisotopic (exact) mass is 675 g/mol. The molecule has 0 aliphatic carbocycles. The van der Waals surface area contributed by atoms with Crippen molar-refractivity contribution < 1.29 is 33.8 Å². The normalized spacial score (nSPS) is 31.4. The lowest BCUT2D eigenvalue weighted by Gasteiger charge is -2.36. The molecular formula is C37H42ClN3O7. The zero-order valence-electron chi connectivity index (χ0n) is 27.5. The maximum Gasteiger partial charge on any atom is 0.313 e. The van der Waals surface area contributed by atoms with Gasteiger partial charge in [-0.2, -0.15) is 0 Å². The summed E-state index contributed by atoms with van der Waals surface area (Å²) in [5.74, 6) is -3.53. The maximum atomic E-state index is 15.0. The summed E-state index contributed by atoms with van der Waals surface area (Å²) >= 11 is 6.73. The summed E-state index contributed by atoms with van der Waals surface area (Å²) in [6.45, 7) is 3.97. The van der Waals surface area contributed by atoms with Crippen LogP contribution >= 0.6 is 11.6 Å². The van der Waals surface area contributed by atoms with Crippen molar-refractivity contribution in [3.8, 4) is 0 Å². The van der Waals surface area contributed by atoms with Crippen LogP contribution in [0.15, 0.2) is 72.8 Å². The fraction of sp³-hybridized carbons (Fsp3) is 0.459. The van der Waals surface area contributed by atoms with Crippen LogP contribution in [0.3, 0.4) is 0 Å². The number of para-hydroxylation sites is 1. The average molecular weight is 676 g/mol. The van der Waals surface area contributed by atoms with Crippen molar-refractivity contribution in [3.63, 3.8) is 0 Å². The number of hydrogen-bond donors (Lipinski definition) is 1. The number of aliphatic hydroxyl groups excluding tert-OH is 1. The number of hydrogen-bond acceptors (Lipinski definition) is 7. The van der Waals surface area contributed by atoms with Crippen LogP contribution in [0.25, 0.3) is 0 Å². The number of halogens is 1. The molecule has 0 unspecified atom stereocenters. The Kier molecular flexibility index (Phi) is 9.79. The Morgan fingerprint density at radius 1 is 1.00 bits per heavy atom. The Morgan fingerprint density at radius 2 is 1.77 bits per heavy atom. The van der Waals surface area contributed by atoms with E-state index in [1.165, 1.54) is 4.90 Å². The third-order valence-corrected chi connectivity index (χ3v) is 10.5. The highest BCUT2D eigenvalue weighted by molar-refractivity contribution is 6.34. The van der Waals surface area contributed by atoms with E-state index >= 15 is 0 Å².